The van der Waals surface area contributed by atoms with Crippen LogP contribution in [-0.4, -0.2) is 75.4 Å². The van der Waals surface area contributed by atoms with E-state index < -0.39 is 0 Å². The van der Waals surface area contributed by atoms with Gasteiger partial charge in [-0.15, -0.1) is 0 Å². The van der Waals surface area contributed by atoms with E-state index in [9.17, 15) is 9.59 Å². The van der Waals surface area contributed by atoms with Crippen LogP contribution in [0.15, 0.2) is 12.1 Å². The van der Waals surface area contributed by atoms with Gasteiger partial charge >= 0.3 is 6.09 Å². The average Bonchev–Trinajstić information content (AvgIpc) is 3.00. The van der Waals surface area contributed by atoms with E-state index in [1.165, 1.54) is 21.3 Å². The molecule has 0 N–H and O–H groups in total. The number of rotatable bonds is 4. The first-order chi connectivity index (χ1) is 11.6. The van der Waals surface area contributed by atoms with Crippen molar-refractivity contribution in [2.24, 2.45) is 0 Å². The summed E-state index contributed by atoms with van der Waals surface area (Å²) in [4.78, 5) is 27.8. The average molecular weight is 336 g/mol. The fraction of sp³-hybridized carbons (Fsp3) is 0.500. The number of fused-ring (bicyclic) bond motifs is 1. The minimum atomic E-state index is -0.309. The smallest absolute Gasteiger partial charge is 0.410 e. The van der Waals surface area contributed by atoms with Gasteiger partial charge in [0.1, 0.15) is 6.61 Å². The van der Waals surface area contributed by atoms with Gasteiger partial charge in [0.15, 0.2) is 11.5 Å². The summed E-state index contributed by atoms with van der Waals surface area (Å²) in [6.45, 7) is 1.65. The maximum Gasteiger partial charge on any atom is 0.410 e. The normalized spacial score (nSPS) is 19.6. The van der Waals surface area contributed by atoms with Crippen molar-refractivity contribution in [2.75, 3.05) is 47.6 Å². The lowest BCUT2D eigenvalue weighted by Crippen LogP contribution is -2.53. The number of piperazine rings is 1. The lowest BCUT2D eigenvalue weighted by molar-refractivity contribution is 0.0613. The van der Waals surface area contributed by atoms with Crippen LogP contribution in [0.25, 0.3) is 0 Å². The number of methoxy groups -OCH3 is 3. The maximum absolute atomic E-state index is 12.9. The highest BCUT2D eigenvalue weighted by molar-refractivity contribution is 5.98. The van der Waals surface area contributed by atoms with Crippen LogP contribution >= 0.6 is 0 Å². The Hall–Kier alpha value is -2.64. The lowest BCUT2D eigenvalue weighted by atomic mass is 10.1. The first-order valence-electron chi connectivity index (χ1n) is 7.62. The molecule has 3 rings (SSSR count). The predicted molar refractivity (Wildman–Crippen MR) is 83.8 cm³/mol. The van der Waals surface area contributed by atoms with Gasteiger partial charge in [-0.3, -0.25) is 9.69 Å². The molecule has 2 aliphatic heterocycles. The van der Waals surface area contributed by atoms with Crippen LogP contribution in [0.5, 0.6) is 17.2 Å². The van der Waals surface area contributed by atoms with Crippen LogP contribution in [0.3, 0.4) is 0 Å². The molecule has 2 aliphatic rings. The molecule has 8 nitrogen and oxygen atoms in total. The van der Waals surface area contributed by atoms with Crippen molar-refractivity contribution in [3.8, 4) is 17.2 Å². The van der Waals surface area contributed by atoms with Gasteiger partial charge in [0.2, 0.25) is 5.75 Å². The number of carbonyl (C=O) groups is 2. The van der Waals surface area contributed by atoms with E-state index >= 15 is 0 Å². The van der Waals surface area contributed by atoms with E-state index in [0.29, 0.717) is 49.1 Å². The molecule has 2 amide bonds. The minimum Gasteiger partial charge on any atom is -0.493 e. The fourth-order valence-electron chi connectivity index (χ4n) is 3.11. The quantitative estimate of drug-likeness (QED) is 0.816. The lowest BCUT2D eigenvalue weighted by Gasteiger charge is -2.35. The summed E-state index contributed by atoms with van der Waals surface area (Å²) in [7, 11) is 4.50. The number of benzene rings is 1. The number of cyclic esters (lactones) is 1. The van der Waals surface area contributed by atoms with E-state index in [2.05, 4.69) is 0 Å². The van der Waals surface area contributed by atoms with E-state index in [-0.39, 0.29) is 18.0 Å². The number of hydrogen-bond donors (Lipinski definition) is 0. The molecule has 2 fully saturated rings. The molecule has 2 saturated heterocycles. The molecule has 1 atom stereocenters. The molecule has 130 valence electrons. The standard InChI is InChI=1S/C16H20N2O6/c1-21-12-5-4-11(13(22-2)14(12)23-3)15(19)17-6-7-18-10(8-17)9-24-16(18)20/h4-5,10H,6-9H2,1-3H3. The van der Waals surface area contributed by atoms with Crippen LogP contribution in [0.2, 0.25) is 0 Å². The zero-order valence-corrected chi connectivity index (χ0v) is 13.9. The highest BCUT2D eigenvalue weighted by Crippen LogP contribution is 2.40. The van der Waals surface area contributed by atoms with Crippen molar-refractivity contribution in [1.82, 2.24) is 9.80 Å². The summed E-state index contributed by atoms with van der Waals surface area (Å²) < 4.78 is 21.0. The zero-order valence-electron chi connectivity index (χ0n) is 13.9. The monoisotopic (exact) mass is 336 g/mol. The summed E-state index contributed by atoms with van der Waals surface area (Å²) in [5, 5.41) is 0. The Kier molecular flexibility index (Phi) is 4.37. The third kappa shape index (κ3) is 2.57. The topological polar surface area (TPSA) is 77.5 Å². The molecular weight excluding hydrogens is 316 g/mol. The molecule has 0 radical (unpaired) electrons. The Morgan fingerprint density at radius 2 is 1.88 bits per heavy atom. The largest absolute Gasteiger partial charge is 0.493 e. The number of carbonyl (C=O) groups excluding carboxylic acids is 2. The second-order valence-electron chi connectivity index (χ2n) is 5.56. The summed E-state index contributed by atoms with van der Waals surface area (Å²) >= 11 is 0. The van der Waals surface area contributed by atoms with Crippen LogP contribution in [-0.2, 0) is 4.74 Å². The first kappa shape index (κ1) is 16.2. The van der Waals surface area contributed by atoms with Crippen molar-refractivity contribution in [3.05, 3.63) is 17.7 Å². The zero-order chi connectivity index (χ0) is 17.3. The van der Waals surface area contributed by atoms with Crippen LogP contribution < -0.4 is 14.2 Å². The summed E-state index contributed by atoms with van der Waals surface area (Å²) in [5.41, 5.74) is 0.397. The van der Waals surface area contributed by atoms with Crippen molar-refractivity contribution in [1.29, 1.82) is 0 Å². The van der Waals surface area contributed by atoms with Crippen molar-refractivity contribution in [2.45, 2.75) is 6.04 Å². The fourth-order valence-corrected chi connectivity index (χ4v) is 3.11. The Bertz CT molecular complexity index is 662. The van der Waals surface area contributed by atoms with Crippen molar-refractivity contribution in [3.63, 3.8) is 0 Å². The molecule has 24 heavy (non-hydrogen) atoms. The number of nitrogens with zero attached hydrogens (tertiary/aromatic N) is 2. The van der Waals surface area contributed by atoms with Crippen molar-refractivity contribution < 1.29 is 28.5 Å². The van der Waals surface area contributed by atoms with E-state index in [0.717, 1.165) is 0 Å². The number of hydrogen-bond acceptors (Lipinski definition) is 6. The molecule has 0 aliphatic carbocycles. The molecule has 1 aromatic rings. The molecule has 0 bridgehead atoms. The molecular formula is C16H20N2O6. The van der Waals surface area contributed by atoms with Gasteiger partial charge in [-0.1, -0.05) is 0 Å². The van der Waals surface area contributed by atoms with Gasteiger partial charge < -0.3 is 23.8 Å². The van der Waals surface area contributed by atoms with E-state index in [1.807, 2.05) is 0 Å². The number of amides is 2. The van der Waals surface area contributed by atoms with Gasteiger partial charge in [0, 0.05) is 19.6 Å². The first-order valence-corrected chi connectivity index (χ1v) is 7.62. The molecule has 0 saturated carbocycles. The predicted octanol–water partition coefficient (Wildman–Crippen LogP) is 0.989. The van der Waals surface area contributed by atoms with Crippen LogP contribution in [0, 0.1) is 0 Å². The minimum absolute atomic E-state index is 0.0960. The second-order valence-corrected chi connectivity index (χ2v) is 5.56. The molecule has 1 aromatic carbocycles. The van der Waals surface area contributed by atoms with Gasteiger partial charge in [-0.05, 0) is 12.1 Å². The Morgan fingerprint density at radius 1 is 1.12 bits per heavy atom. The van der Waals surface area contributed by atoms with E-state index in [1.54, 1.807) is 21.9 Å². The Morgan fingerprint density at radius 3 is 2.54 bits per heavy atom. The Labute approximate surface area is 139 Å². The van der Waals surface area contributed by atoms with Crippen molar-refractivity contribution >= 4 is 12.0 Å². The summed E-state index contributed by atoms with van der Waals surface area (Å²) in [6, 6.07) is 3.24. The Balaban J connectivity index is 1.86. The summed E-state index contributed by atoms with van der Waals surface area (Å²) in [6.07, 6.45) is -0.309. The highest BCUT2D eigenvalue weighted by Gasteiger charge is 2.39. The molecule has 0 aromatic heterocycles. The van der Waals surface area contributed by atoms with Gasteiger partial charge in [0.05, 0.1) is 32.9 Å². The second kappa shape index (κ2) is 6.46. The molecule has 0 spiro atoms. The van der Waals surface area contributed by atoms with E-state index in [4.69, 9.17) is 18.9 Å². The SMILES string of the molecule is COc1ccc(C(=O)N2CCN3C(=O)OCC3C2)c(OC)c1OC. The van der Waals surface area contributed by atoms with Gasteiger partial charge in [0.25, 0.3) is 5.91 Å². The third-order valence-corrected chi connectivity index (χ3v) is 4.34. The molecule has 2 heterocycles. The summed E-state index contributed by atoms with van der Waals surface area (Å²) in [5.74, 6) is 1.03. The number of ether oxygens (including phenoxy) is 4. The van der Waals surface area contributed by atoms with Gasteiger partial charge in [-0.2, -0.15) is 0 Å². The highest BCUT2D eigenvalue weighted by atomic mass is 16.6. The van der Waals surface area contributed by atoms with Crippen LogP contribution in [0.1, 0.15) is 10.4 Å². The molecule has 1 unspecified atom stereocenters. The third-order valence-electron chi connectivity index (χ3n) is 4.34. The maximum atomic E-state index is 12.9. The van der Waals surface area contributed by atoms with Gasteiger partial charge in [-0.25, -0.2) is 4.79 Å². The molecule has 8 heteroatoms. The van der Waals surface area contributed by atoms with Crippen LogP contribution in [0.4, 0.5) is 4.79 Å².